The SMILES string of the molecule is N[C@@H](CCC(=O)O)C(=O)NCC(=O)N[C@H](Cc1ccccc1)C(=O)O. The van der Waals surface area contributed by atoms with Crippen LogP contribution >= 0.6 is 0 Å². The number of benzene rings is 1. The van der Waals surface area contributed by atoms with E-state index in [1.54, 1.807) is 30.3 Å². The molecule has 0 aliphatic heterocycles. The van der Waals surface area contributed by atoms with E-state index >= 15 is 0 Å². The summed E-state index contributed by atoms with van der Waals surface area (Å²) in [5, 5.41) is 22.3. The van der Waals surface area contributed by atoms with Crippen molar-refractivity contribution in [3.05, 3.63) is 35.9 Å². The number of aliphatic carboxylic acids is 2. The van der Waals surface area contributed by atoms with E-state index in [0.717, 1.165) is 5.56 Å². The van der Waals surface area contributed by atoms with Crippen LogP contribution in [-0.4, -0.2) is 52.6 Å². The predicted octanol–water partition coefficient (Wildman–Crippen LogP) is -0.893. The Labute approximate surface area is 144 Å². The van der Waals surface area contributed by atoms with Gasteiger partial charge in [-0.15, -0.1) is 0 Å². The van der Waals surface area contributed by atoms with E-state index < -0.39 is 42.4 Å². The smallest absolute Gasteiger partial charge is 0.326 e. The van der Waals surface area contributed by atoms with Gasteiger partial charge in [0.1, 0.15) is 6.04 Å². The van der Waals surface area contributed by atoms with Gasteiger partial charge < -0.3 is 26.6 Å². The van der Waals surface area contributed by atoms with Crippen molar-refractivity contribution in [3.8, 4) is 0 Å². The number of hydrogen-bond acceptors (Lipinski definition) is 5. The maximum absolute atomic E-state index is 11.8. The Morgan fingerprint density at radius 2 is 1.72 bits per heavy atom. The molecule has 1 aromatic rings. The molecule has 0 unspecified atom stereocenters. The summed E-state index contributed by atoms with van der Waals surface area (Å²) >= 11 is 0. The number of hydrogen-bond donors (Lipinski definition) is 5. The first kappa shape index (κ1) is 20.1. The fourth-order valence-electron chi connectivity index (χ4n) is 2.00. The monoisotopic (exact) mass is 351 g/mol. The lowest BCUT2D eigenvalue weighted by molar-refractivity contribution is -0.141. The van der Waals surface area contributed by atoms with Crippen LogP contribution in [0.25, 0.3) is 0 Å². The molecule has 9 nitrogen and oxygen atoms in total. The van der Waals surface area contributed by atoms with E-state index in [1.807, 2.05) is 0 Å². The average molecular weight is 351 g/mol. The number of amides is 2. The van der Waals surface area contributed by atoms with Crippen molar-refractivity contribution < 1.29 is 29.4 Å². The molecule has 0 bridgehead atoms. The lowest BCUT2D eigenvalue weighted by Crippen LogP contribution is -2.49. The first-order valence-corrected chi connectivity index (χ1v) is 7.60. The van der Waals surface area contributed by atoms with Crippen molar-refractivity contribution in [2.45, 2.75) is 31.3 Å². The van der Waals surface area contributed by atoms with Crippen molar-refractivity contribution in [1.29, 1.82) is 0 Å². The minimum Gasteiger partial charge on any atom is -0.481 e. The summed E-state index contributed by atoms with van der Waals surface area (Å²) in [7, 11) is 0. The molecular weight excluding hydrogens is 330 g/mol. The van der Waals surface area contributed by atoms with Gasteiger partial charge in [-0.25, -0.2) is 4.79 Å². The van der Waals surface area contributed by atoms with Gasteiger partial charge in [0, 0.05) is 12.8 Å². The molecule has 0 saturated carbocycles. The van der Waals surface area contributed by atoms with E-state index in [4.69, 9.17) is 10.8 Å². The van der Waals surface area contributed by atoms with Gasteiger partial charge in [-0.3, -0.25) is 14.4 Å². The Bertz CT molecular complexity index is 620. The number of nitrogens with two attached hydrogens (primary N) is 1. The molecule has 0 fully saturated rings. The fraction of sp³-hybridized carbons (Fsp3) is 0.375. The standard InChI is InChI=1S/C16H21N3O6/c17-11(6-7-14(21)22)15(23)18-9-13(20)19-12(16(24)25)8-10-4-2-1-3-5-10/h1-5,11-12H,6-9,17H2,(H,18,23)(H,19,20)(H,21,22)(H,24,25)/t11-,12+/m0/s1. The number of rotatable bonds is 10. The Morgan fingerprint density at radius 3 is 2.28 bits per heavy atom. The molecule has 136 valence electrons. The topological polar surface area (TPSA) is 159 Å². The fourth-order valence-corrected chi connectivity index (χ4v) is 2.00. The normalized spacial score (nSPS) is 12.7. The van der Waals surface area contributed by atoms with Gasteiger partial charge in [0.25, 0.3) is 0 Å². The first-order valence-electron chi connectivity index (χ1n) is 7.60. The second-order valence-electron chi connectivity index (χ2n) is 5.40. The van der Waals surface area contributed by atoms with Gasteiger partial charge in [0.15, 0.2) is 0 Å². The highest BCUT2D eigenvalue weighted by Gasteiger charge is 2.21. The molecule has 0 spiro atoms. The molecule has 0 aromatic heterocycles. The summed E-state index contributed by atoms with van der Waals surface area (Å²) in [6, 6.07) is 6.61. The minimum atomic E-state index is -1.19. The lowest BCUT2D eigenvalue weighted by atomic mass is 10.1. The summed E-state index contributed by atoms with van der Waals surface area (Å²) in [5.74, 6) is -3.62. The van der Waals surface area contributed by atoms with Crippen LogP contribution < -0.4 is 16.4 Å². The zero-order valence-electron chi connectivity index (χ0n) is 13.5. The number of nitrogens with one attached hydrogen (secondary N) is 2. The van der Waals surface area contributed by atoms with Gasteiger partial charge in [-0.1, -0.05) is 30.3 Å². The molecule has 0 heterocycles. The Hall–Kier alpha value is -2.94. The van der Waals surface area contributed by atoms with Crippen molar-refractivity contribution >= 4 is 23.8 Å². The molecule has 6 N–H and O–H groups in total. The molecule has 0 aliphatic rings. The van der Waals surface area contributed by atoms with Gasteiger partial charge in [0.05, 0.1) is 12.6 Å². The van der Waals surface area contributed by atoms with Crippen LogP contribution in [0, 0.1) is 0 Å². The van der Waals surface area contributed by atoms with Gasteiger partial charge in [-0.05, 0) is 12.0 Å². The number of carboxylic acid groups (broad SMARTS) is 2. The molecular formula is C16H21N3O6. The second-order valence-corrected chi connectivity index (χ2v) is 5.40. The van der Waals surface area contributed by atoms with Crippen LogP contribution in [-0.2, 0) is 25.6 Å². The highest BCUT2D eigenvalue weighted by Crippen LogP contribution is 2.03. The molecule has 2 amide bonds. The molecule has 0 saturated heterocycles. The van der Waals surface area contributed by atoms with E-state index in [-0.39, 0.29) is 19.3 Å². The Morgan fingerprint density at radius 1 is 1.08 bits per heavy atom. The predicted molar refractivity (Wildman–Crippen MR) is 87.6 cm³/mol. The number of carbonyl (C=O) groups excluding carboxylic acids is 2. The van der Waals surface area contributed by atoms with Crippen LogP contribution in [0.4, 0.5) is 0 Å². The first-order chi connectivity index (χ1) is 11.8. The molecule has 25 heavy (non-hydrogen) atoms. The zero-order chi connectivity index (χ0) is 18.8. The van der Waals surface area contributed by atoms with Gasteiger partial charge in [-0.2, -0.15) is 0 Å². The third kappa shape index (κ3) is 7.93. The van der Waals surface area contributed by atoms with Crippen molar-refractivity contribution in [3.63, 3.8) is 0 Å². The summed E-state index contributed by atoms with van der Waals surface area (Å²) in [6.45, 7) is -0.446. The maximum atomic E-state index is 11.8. The van der Waals surface area contributed by atoms with E-state index in [1.165, 1.54) is 0 Å². The molecule has 1 rings (SSSR count). The lowest BCUT2D eigenvalue weighted by Gasteiger charge is -2.16. The van der Waals surface area contributed by atoms with Crippen LogP contribution in [0.5, 0.6) is 0 Å². The second kappa shape index (κ2) is 10.0. The third-order valence-corrected chi connectivity index (χ3v) is 3.35. The van der Waals surface area contributed by atoms with Gasteiger partial charge >= 0.3 is 11.9 Å². The van der Waals surface area contributed by atoms with Crippen LogP contribution in [0.3, 0.4) is 0 Å². The van der Waals surface area contributed by atoms with Crippen LogP contribution in [0.15, 0.2) is 30.3 Å². The molecule has 0 aliphatic carbocycles. The largest absolute Gasteiger partial charge is 0.481 e. The molecule has 1 aromatic carbocycles. The molecule has 9 heteroatoms. The average Bonchev–Trinajstić information content (AvgIpc) is 2.57. The maximum Gasteiger partial charge on any atom is 0.326 e. The molecule has 2 atom stereocenters. The van der Waals surface area contributed by atoms with E-state index in [9.17, 15) is 24.3 Å². The summed E-state index contributed by atoms with van der Waals surface area (Å²) in [4.78, 5) is 45.1. The van der Waals surface area contributed by atoms with Crippen LogP contribution in [0.2, 0.25) is 0 Å². The number of carbonyl (C=O) groups is 4. The van der Waals surface area contributed by atoms with Crippen molar-refractivity contribution in [2.24, 2.45) is 5.73 Å². The number of carboxylic acids is 2. The van der Waals surface area contributed by atoms with Gasteiger partial charge in [0.2, 0.25) is 11.8 Å². The Balaban J connectivity index is 2.46. The van der Waals surface area contributed by atoms with Crippen LogP contribution in [0.1, 0.15) is 18.4 Å². The van der Waals surface area contributed by atoms with E-state index in [2.05, 4.69) is 10.6 Å². The highest BCUT2D eigenvalue weighted by molar-refractivity contribution is 5.89. The quantitative estimate of drug-likeness (QED) is 0.365. The third-order valence-electron chi connectivity index (χ3n) is 3.35. The highest BCUT2D eigenvalue weighted by atomic mass is 16.4. The molecule has 0 radical (unpaired) electrons. The zero-order valence-corrected chi connectivity index (χ0v) is 13.5. The summed E-state index contributed by atoms with van der Waals surface area (Å²) in [6.07, 6.45) is -0.221. The minimum absolute atomic E-state index is 0.0610. The van der Waals surface area contributed by atoms with E-state index in [0.29, 0.717) is 0 Å². The summed E-state index contributed by atoms with van der Waals surface area (Å²) in [5.41, 5.74) is 6.25. The van der Waals surface area contributed by atoms with Crippen molar-refractivity contribution in [1.82, 2.24) is 10.6 Å². The Kier molecular flexibility index (Phi) is 8.07. The summed E-state index contributed by atoms with van der Waals surface area (Å²) < 4.78 is 0. The van der Waals surface area contributed by atoms with Crippen molar-refractivity contribution in [2.75, 3.05) is 6.54 Å².